The molecule has 2 fully saturated rings. The van der Waals surface area contributed by atoms with Gasteiger partial charge in [0.05, 0.1) is 29.4 Å². The SMILES string of the molecule is Cn1nc(CN2C[C@@H]3COCC[C@]3(CO)C2)c2c(Cl)cccc21. The Labute approximate surface area is 140 Å². The molecular formula is C17H22ClN3O2. The smallest absolute Gasteiger partial charge is 0.0858 e. The second-order valence-electron chi connectivity index (χ2n) is 6.92. The Kier molecular flexibility index (Phi) is 3.84. The molecule has 0 aliphatic carbocycles. The number of ether oxygens (including phenoxy) is 1. The Hall–Kier alpha value is -1.14. The first-order chi connectivity index (χ1) is 11.1. The van der Waals surface area contributed by atoms with Gasteiger partial charge in [-0.25, -0.2) is 0 Å². The van der Waals surface area contributed by atoms with E-state index in [1.165, 1.54) is 0 Å². The number of rotatable bonds is 3. The molecule has 124 valence electrons. The number of hydrogen-bond donors (Lipinski definition) is 1. The number of aliphatic hydroxyl groups excluding tert-OH is 1. The molecule has 2 aliphatic rings. The van der Waals surface area contributed by atoms with Crippen LogP contribution in [-0.2, 0) is 18.3 Å². The monoisotopic (exact) mass is 335 g/mol. The van der Waals surface area contributed by atoms with E-state index in [1.807, 2.05) is 29.9 Å². The highest BCUT2D eigenvalue weighted by molar-refractivity contribution is 6.35. The molecule has 1 aromatic heterocycles. The summed E-state index contributed by atoms with van der Waals surface area (Å²) in [7, 11) is 1.95. The summed E-state index contributed by atoms with van der Waals surface area (Å²) in [5.41, 5.74) is 2.07. The highest BCUT2D eigenvalue weighted by Gasteiger charge is 2.47. The fraction of sp³-hybridized carbons (Fsp3) is 0.588. The third kappa shape index (κ3) is 2.47. The molecule has 6 heteroatoms. The summed E-state index contributed by atoms with van der Waals surface area (Å²) in [6.07, 6.45) is 0.939. The van der Waals surface area contributed by atoms with Crippen LogP contribution in [0.3, 0.4) is 0 Å². The Morgan fingerprint density at radius 2 is 2.35 bits per heavy atom. The van der Waals surface area contributed by atoms with E-state index in [0.29, 0.717) is 5.92 Å². The minimum atomic E-state index is -0.00731. The molecule has 0 radical (unpaired) electrons. The summed E-state index contributed by atoms with van der Waals surface area (Å²) < 4.78 is 7.52. The van der Waals surface area contributed by atoms with Crippen molar-refractivity contribution < 1.29 is 9.84 Å². The molecular weight excluding hydrogens is 314 g/mol. The summed E-state index contributed by atoms with van der Waals surface area (Å²) in [4.78, 5) is 2.39. The van der Waals surface area contributed by atoms with Crippen LogP contribution >= 0.6 is 11.6 Å². The lowest BCUT2D eigenvalue weighted by Gasteiger charge is -2.36. The van der Waals surface area contributed by atoms with Gasteiger partial charge in [-0.2, -0.15) is 5.10 Å². The minimum Gasteiger partial charge on any atom is -0.396 e. The highest BCUT2D eigenvalue weighted by atomic mass is 35.5. The van der Waals surface area contributed by atoms with Gasteiger partial charge in [0, 0.05) is 50.0 Å². The first-order valence-electron chi connectivity index (χ1n) is 8.14. The maximum atomic E-state index is 9.93. The van der Waals surface area contributed by atoms with Crippen LogP contribution in [0.25, 0.3) is 10.9 Å². The molecule has 0 spiro atoms. The number of fused-ring (bicyclic) bond motifs is 2. The topological polar surface area (TPSA) is 50.5 Å². The van der Waals surface area contributed by atoms with E-state index in [2.05, 4.69) is 10.00 Å². The lowest BCUT2D eigenvalue weighted by Crippen LogP contribution is -2.41. The molecule has 1 N–H and O–H groups in total. The van der Waals surface area contributed by atoms with Gasteiger partial charge in [0.25, 0.3) is 0 Å². The normalized spacial score (nSPS) is 28.4. The third-order valence-electron chi connectivity index (χ3n) is 5.53. The van der Waals surface area contributed by atoms with Crippen molar-refractivity contribution in [2.75, 3.05) is 32.9 Å². The van der Waals surface area contributed by atoms with Crippen LogP contribution < -0.4 is 0 Å². The van der Waals surface area contributed by atoms with Gasteiger partial charge in [-0.3, -0.25) is 9.58 Å². The molecule has 0 bridgehead atoms. The third-order valence-corrected chi connectivity index (χ3v) is 5.85. The van der Waals surface area contributed by atoms with Crippen LogP contribution in [0, 0.1) is 11.3 Å². The van der Waals surface area contributed by atoms with Crippen LogP contribution in [0.5, 0.6) is 0 Å². The molecule has 5 nitrogen and oxygen atoms in total. The quantitative estimate of drug-likeness (QED) is 0.932. The van der Waals surface area contributed by atoms with Gasteiger partial charge in [-0.05, 0) is 18.6 Å². The first-order valence-corrected chi connectivity index (χ1v) is 8.52. The Balaban J connectivity index is 1.62. The van der Waals surface area contributed by atoms with Crippen LogP contribution in [0.15, 0.2) is 18.2 Å². The maximum Gasteiger partial charge on any atom is 0.0858 e. The second kappa shape index (κ2) is 5.74. The van der Waals surface area contributed by atoms with Crippen molar-refractivity contribution >= 4 is 22.5 Å². The van der Waals surface area contributed by atoms with Crippen LogP contribution in [0.2, 0.25) is 5.02 Å². The van der Waals surface area contributed by atoms with E-state index in [0.717, 1.165) is 60.9 Å². The largest absolute Gasteiger partial charge is 0.396 e. The number of likely N-dealkylation sites (tertiary alicyclic amines) is 1. The zero-order valence-corrected chi connectivity index (χ0v) is 14.1. The molecule has 0 unspecified atom stereocenters. The van der Waals surface area contributed by atoms with Crippen LogP contribution in [0.1, 0.15) is 12.1 Å². The van der Waals surface area contributed by atoms with Gasteiger partial charge < -0.3 is 9.84 Å². The molecule has 23 heavy (non-hydrogen) atoms. The van der Waals surface area contributed by atoms with Crippen molar-refractivity contribution in [1.82, 2.24) is 14.7 Å². The van der Waals surface area contributed by atoms with Crippen molar-refractivity contribution in [3.8, 4) is 0 Å². The summed E-state index contributed by atoms with van der Waals surface area (Å²) >= 11 is 6.41. The Bertz CT molecular complexity index is 732. The Morgan fingerprint density at radius 1 is 1.48 bits per heavy atom. The molecule has 0 saturated carbocycles. The zero-order valence-electron chi connectivity index (χ0n) is 13.3. The molecule has 3 heterocycles. The van der Waals surface area contributed by atoms with E-state index in [9.17, 15) is 5.11 Å². The fourth-order valence-corrected chi connectivity index (χ4v) is 4.49. The summed E-state index contributed by atoms with van der Waals surface area (Å²) in [6, 6.07) is 5.92. The van der Waals surface area contributed by atoms with Gasteiger partial charge in [0.2, 0.25) is 0 Å². The lowest BCUT2D eigenvalue weighted by atomic mass is 9.75. The minimum absolute atomic E-state index is 0.00731. The molecule has 2 atom stereocenters. The second-order valence-corrected chi connectivity index (χ2v) is 7.32. The number of aliphatic hydroxyl groups is 1. The van der Waals surface area contributed by atoms with Gasteiger partial charge in [-0.1, -0.05) is 17.7 Å². The van der Waals surface area contributed by atoms with Gasteiger partial charge in [0.15, 0.2) is 0 Å². The molecule has 2 aliphatic heterocycles. The molecule has 1 aromatic carbocycles. The predicted molar refractivity (Wildman–Crippen MR) is 89.4 cm³/mol. The average Bonchev–Trinajstić information content (AvgIpc) is 3.07. The predicted octanol–water partition coefficient (Wildman–Crippen LogP) is 2.06. The summed E-state index contributed by atoms with van der Waals surface area (Å²) in [5, 5.41) is 16.4. The molecule has 2 aromatic rings. The fourth-order valence-electron chi connectivity index (χ4n) is 4.21. The highest BCUT2D eigenvalue weighted by Crippen LogP contribution is 2.42. The van der Waals surface area contributed by atoms with Crippen LogP contribution in [-0.4, -0.2) is 52.7 Å². The Morgan fingerprint density at radius 3 is 3.13 bits per heavy atom. The summed E-state index contributed by atoms with van der Waals surface area (Å²) in [6.45, 7) is 4.35. The van der Waals surface area contributed by atoms with Gasteiger partial charge >= 0.3 is 0 Å². The van der Waals surface area contributed by atoms with Crippen molar-refractivity contribution in [3.63, 3.8) is 0 Å². The number of aromatic nitrogens is 2. The van der Waals surface area contributed by atoms with Crippen molar-refractivity contribution in [2.24, 2.45) is 18.4 Å². The molecule has 4 rings (SSSR count). The van der Waals surface area contributed by atoms with E-state index in [1.54, 1.807) is 0 Å². The maximum absolute atomic E-state index is 9.93. The summed E-state index contributed by atoms with van der Waals surface area (Å²) in [5.74, 6) is 0.409. The molecule has 0 amide bonds. The zero-order chi connectivity index (χ0) is 16.0. The van der Waals surface area contributed by atoms with Crippen molar-refractivity contribution in [1.29, 1.82) is 0 Å². The van der Waals surface area contributed by atoms with E-state index >= 15 is 0 Å². The first kappa shape index (κ1) is 15.4. The van der Waals surface area contributed by atoms with E-state index in [4.69, 9.17) is 16.3 Å². The van der Waals surface area contributed by atoms with Gasteiger partial charge in [0.1, 0.15) is 0 Å². The number of halogens is 1. The van der Waals surface area contributed by atoms with Crippen LogP contribution in [0.4, 0.5) is 0 Å². The number of hydrogen-bond acceptors (Lipinski definition) is 4. The number of benzene rings is 1. The van der Waals surface area contributed by atoms with E-state index in [-0.39, 0.29) is 12.0 Å². The average molecular weight is 336 g/mol. The van der Waals surface area contributed by atoms with Crippen molar-refractivity contribution in [2.45, 2.75) is 13.0 Å². The van der Waals surface area contributed by atoms with Crippen molar-refractivity contribution in [3.05, 3.63) is 28.9 Å². The molecule has 2 saturated heterocycles. The lowest BCUT2D eigenvalue weighted by molar-refractivity contribution is -0.0417. The number of aryl methyl sites for hydroxylation is 1. The number of nitrogens with zero attached hydrogens (tertiary/aromatic N) is 3. The van der Waals surface area contributed by atoms with Gasteiger partial charge in [-0.15, -0.1) is 0 Å². The van der Waals surface area contributed by atoms with E-state index < -0.39 is 0 Å². The standard InChI is InChI=1S/C17H22ClN3O2/c1-20-15-4-2-3-13(18)16(15)14(19-20)8-21-7-12-9-23-6-5-17(12,10-21)11-22/h2-4,12,22H,5-11H2,1H3/t12-,17-/m1/s1.